The van der Waals surface area contributed by atoms with Crippen LogP contribution in [0, 0.1) is 5.82 Å². The van der Waals surface area contributed by atoms with Crippen molar-refractivity contribution in [3.8, 4) is 0 Å². The van der Waals surface area contributed by atoms with Gasteiger partial charge in [0.1, 0.15) is 11.0 Å². The summed E-state index contributed by atoms with van der Waals surface area (Å²) >= 11 is 11.5. The summed E-state index contributed by atoms with van der Waals surface area (Å²) in [7, 11) is 0. The van der Waals surface area contributed by atoms with Gasteiger partial charge in [-0.3, -0.25) is 0 Å². The van der Waals surface area contributed by atoms with E-state index < -0.39 is 0 Å². The van der Waals surface area contributed by atoms with Crippen LogP contribution in [-0.4, -0.2) is 4.98 Å². The molecule has 0 spiro atoms. The third kappa shape index (κ3) is 3.42. The Hall–Kier alpha value is -1.12. The third-order valence-corrected chi connectivity index (χ3v) is 2.88. The Bertz CT molecular complexity index is 529. The smallest absolute Gasteiger partial charge is 0.129 e. The van der Waals surface area contributed by atoms with E-state index in [1.54, 1.807) is 18.2 Å². The van der Waals surface area contributed by atoms with Crippen LogP contribution in [-0.2, 0) is 12.8 Å². The number of hydrogen-bond donors (Lipinski definition) is 0. The Morgan fingerprint density at radius 2 is 1.88 bits per heavy atom. The van der Waals surface area contributed by atoms with Gasteiger partial charge in [-0.1, -0.05) is 35.3 Å². The van der Waals surface area contributed by atoms with Crippen LogP contribution >= 0.6 is 23.2 Å². The van der Waals surface area contributed by atoms with E-state index >= 15 is 0 Å². The SMILES string of the molecule is Fc1cc(Cl)ccc1CCc1cccc(Cl)n1. The molecule has 0 aliphatic rings. The van der Waals surface area contributed by atoms with Gasteiger partial charge in [0, 0.05) is 10.7 Å². The van der Waals surface area contributed by atoms with E-state index in [1.165, 1.54) is 6.07 Å². The standard InChI is InChI=1S/C13H10Cl2FN/c14-10-6-4-9(12(16)8-10)5-7-11-2-1-3-13(15)17-11/h1-4,6,8H,5,7H2. The monoisotopic (exact) mass is 269 g/mol. The van der Waals surface area contributed by atoms with E-state index in [4.69, 9.17) is 23.2 Å². The molecule has 4 heteroatoms. The van der Waals surface area contributed by atoms with Crippen LogP contribution in [0.2, 0.25) is 10.2 Å². The lowest BCUT2D eigenvalue weighted by atomic mass is 10.1. The van der Waals surface area contributed by atoms with Gasteiger partial charge in [0.25, 0.3) is 0 Å². The Morgan fingerprint density at radius 3 is 2.59 bits per heavy atom. The van der Waals surface area contributed by atoms with E-state index in [0.29, 0.717) is 28.6 Å². The van der Waals surface area contributed by atoms with E-state index in [1.807, 2.05) is 12.1 Å². The highest BCUT2D eigenvalue weighted by atomic mass is 35.5. The van der Waals surface area contributed by atoms with Gasteiger partial charge in [-0.05, 0) is 42.7 Å². The molecule has 0 saturated heterocycles. The average molecular weight is 270 g/mol. The summed E-state index contributed by atoms with van der Waals surface area (Å²) < 4.78 is 13.5. The second kappa shape index (κ2) is 5.48. The molecule has 0 saturated carbocycles. The summed E-state index contributed by atoms with van der Waals surface area (Å²) in [4.78, 5) is 4.15. The van der Waals surface area contributed by atoms with Crippen LogP contribution < -0.4 is 0 Å². The molecule has 1 aromatic carbocycles. The fraction of sp³-hybridized carbons (Fsp3) is 0.154. The van der Waals surface area contributed by atoms with Gasteiger partial charge in [0.05, 0.1) is 0 Å². The van der Waals surface area contributed by atoms with Crippen molar-refractivity contribution in [2.24, 2.45) is 0 Å². The molecule has 0 unspecified atom stereocenters. The molecule has 0 amide bonds. The summed E-state index contributed by atoms with van der Waals surface area (Å²) in [5.74, 6) is -0.278. The maximum Gasteiger partial charge on any atom is 0.129 e. The minimum atomic E-state index is -0.278. The molecule has 0 radical (unpaired) electrons. The number of aromatic nitrogens is 1. The molecular weight excluding hydrogens is 260 g/mol. The first-order chi connectivity index (χ1) is 8.15. The minimum Gasteiger partial charge on any atom is -0.241 e. The summed E-state index contributed by atoms with van der Waals surface area (Å²) in [5, 5.41) is 0.867. The van der Waals surface area contributed by atoms with Crippen LogP contribution in [0.25, 0.3) is 0 Å². The number of pyridine rings is 1. The molecule has 0 aliphatic heterocycles. The Balaban J connectivity index is 2.07. The van der Waals surface area contributed by atoms with Crippen LogP contribution in [0.4, 0.5) is 4.39 Å². The molecule has 1 nitrogen and oxygen atoms in total. The highest BCUT2D eigenvalue weighted by Gasteiger charge is 2.04. The van der Waals surface area contributed by atoms with Gasteiger partial charge in [-0.25, -0.2) is 9.37 Å². The zero-order chi connectivity index (χ0) is 12.3. The second-order valence-electron chi connectivity index (χ2n) is 3.69. The van der Waals surface area contributed by atoms with Gasteiger partial charge in [-0.2, -0.15) is 0 Å². The molecule has 1 aromatic heterocycles. The number of hydrogen-bond acceptors (Lipinski definition) is 1. The molecule has 0 N–H and O–H groups in total. The zero-order valence-corrected chi connectivity index (χ0v) is 10.5. The van der Waals surface area contributed by atoms with Gasteiger partial charge >= 0.3 is 0 Å². The molecule has 0 bridgehead atoms. The normalized spacial score (nSPS) is 10.5. The summed E-state index contributed by atoms with van der Waals surface area (Å²) in [5.41, 5.74) is 1.49. The second-order valence-corrected chi connectivity index (χ2v) is 4.51. The van der Waals surface area contributed by atoms with Crippen LogP contribution in [0.1, 0.15) is 11.3 Å². The van der Waals surface area contributed by atoms with Crippen molar-refractivity contribution in [1.29, 1.82) is 0 Å². The zero-order valence-electron chi connectivity index (χ0n) is 8.96. The van der Waals surface area contributed by atoms with Gasteiger partial charge in [-0.15, -0.1) is 0 Å². The highest BCUT2D eigenvalue weighted by Crippen LogP contribution is 2.16. The number of aryl methyl sites for hydroxylation is 2. The average Bonchev–Trinajstić information content (AvgIpc) is 2.28. The third-order valence-electron chi connectivity index (χ3n) is 2.44. The van der Waals surface area contributed by atoms with Crippen molar-refractivity contribution in [3.63, 3.8) is 0 Å². The molecule has 17 heavy (non-hydrogen) atoms. The topological polar surface area (TPSA) is 12.9 Å². The number of rotatable bonds is 3. The summed E-state index contributed by atoms with van der Waals surface area (Å²) in [6.45, 7) is 0. The summed E-state index contributed by atoms with van der Waals surface area (Å²) in [6, 6.07) is 10.1. The van der Waals surface area contributed by atoms with E-state index in [-0.39, 0.29) is 5.82 Å². The summed E-state index contributed by atoms with van der Waals surface area (Å²) in [6.07, 6.45) is 1.23. The highest BCUT2D eigenvalue weighted by molar-refractivity contribution is 6.30. The van der Waals surface area contributed by atoms with Gasteiger partial charge in [0.2, 0.25) is 0 Å². The van der Waals surface area contributed by atoms with Crippen molar-refractivity contribution in [3.05, 3.63) is 63.6 Å². The molecule has 1 heterocycles. The van der Waals surface area contributed by atoms with Crippen molar-refractivity contribution in [2.75, 3.05) is 0 Å². The number of halogens is 3. The van der Waals surface area contributed by atoms with E-state index in [2.05, 4.69) is 4.98 Å². The van der Waals surface area contributed by atoms with Crippen molar-refractivity contribution in [2.45, 2.75) is 12.8 Å². The van der Waals surface area contributed by atoms with E-state index in [0.717, 1.165) is 5.69 Å². The van der Waals surface area contributed by atoms with Crippen LogP contribution in [0.5, 0.6) is 0 Å². The fourth-order valence-corrected chi connectivity index (χ4v) is 1.92. The first kappa shape index (κ1) is 12.3. The maximum atomic E-state index is 13.5. The van der Waals surface area contributed by atoms with Crippen molar-refractivity contribution < 1.29 is 4.39 Å². The molecule has 0 atom stereocenters. The molecule has 2 rings (SSSR count). The molecular formula is C13H10Cl2FN. The maximum absolute atomic E-state index is 13.5. The lowest BCUT2D eigenvalue weighted by Crippen LogP contribution is -1.97. The first-order valence-corrected chi connectivity index (χ1v) is 5.96. The largest absolute Gasteiger partial charge is 0.241 e. The lowest BCUT2D eigenvalue weighted by molar-refractivity contribution is 0.608. The minimum absolute atomic E-state index is 0.278. The Morgan fingerprint density at radius 1 is 1.06 bits per heavy atom. The number of benzene rings is 1. The van der Waals surface area contributed by atoms with Gasteiger partial charge < -0.3 is 0 Å². The predicted molar refractivity (Wildman–Crippen MR) is 68.1 cm³/mol. The van der Waals surface area contributed by atoms with E-state index in [9.17, 15) is 4.39 Å². The Kier molecular flexibility index (Phi) is 3.97. The molecule has 0 aliphatic carbocycles. The lowest BCUT2D eigenvalue weighted by Gasteiger charge is -2.04. The van der Waals surface area contributed by atoms with Gasteiger partial charge in [0.15, 0.2) is 0 Å². The quantitative estimate of drug-likeness (QED) is 0.757. The fourth-order valence-electron chi connectivity index (χ4n) is 1.58. The van der Waals surface area contributed by atoms with Crippen molar-refractivity contribution in [1.82, 2.24) is 4.98 Å². The Labute approximate surface area is 109 Å². The predicted octanol–water partition coefficient (Wildman–Crippen LogP) is 4.31. The van der Waals surface area contributed by atoms with Crippen LogP contribution in [0.3, 0.4) is 0 Å². The molecule has 0 fully saturated rings. The van der Waals surface area contributed by atoms with Crippen LogP contribution in [0.15, 0.2) is 36.4 Å². The first-order valence-electron chi connectivity index (χ1n) is 5.20. The van der Waals surface area contributed by atoms with Crippen molar-refractivity contribution >= 4 is 23.2 Å². The number of nitrogens with zero attached hydrogens (tertiary/aromatic N) is 1. The molecule has 88 valence electrons. The molecule has 2 aromatic rings.